The fraction of sp³-hybridized carbons (Fsp3) is 0.148. The molecule has 1 amide bonds. The molecule has 162 valence electrons. The number of rotatable bonds is 7. The van der Waals surface area contributed by atoms with Crippen LogP contribution in [0.4, 0.5) is 5.69 Å². The Balaban J connectivity index is 1.70. The maximum atomic E-state index is 12.7. The molecule has 4 rings (SSSR count). The van der Waals surface area contributed by atoms with E-state index in [0.717, 1.165) is 33.2 Å². The molecule has 5 nitrogen and oxygen atoms in total. The zero-order valence-corrected chi connectivity index (χ0v) is 18.3. The van der Waals surface area contributed by atoms with Crippen LogP contribution in [-0.4, -0.2) is 19.6 Å². The van der Waals surface area contributed by atoms with Crippen LogP contribution in [0.15, 0.2) is 83.5 Å². The summed E-state index contributed by atoms with van der Waals surface area (Å²) in [4.78, 5) is 12.7. The summed E-state index contributed by atoms with van der Waals surface area (Å²) in [6.45, 7) is 4.34. The lowest BCUT2D eigenvalue weighted by molar-refractivity contribution is -0.111. The Morgan fingerprint density at radius 3 is 2.62 bits per heavy atom. The van der Waals surface area contributed by atoms with Crippen LogP contribution in [0.5, 0.6) is 11.5 Å². The summed E-state index contributed by atoms with van der Waals surface area (Å²) in [5.74, 6) is 1.13. The van der Waals surface area contributed by atoms with Gasteiger partial charge < -0.3 is 19.2 Å². The third kappa shape index (κ3) is 4.52. The average molecular weight is 428 g/mol. The van der Waals surface area contributed by atoms with E-state index >= 15 is 0 Å². The first-order valence-electron chi connectivity index (χ1n) is 10.5. The van der Waals surface area contributed by atoms with Crippen LogP contribution in [0, 0.1) is 0 Å². The molecule has 0 spiro atoms. The topological polar surface area (TPSA) is 60.7 Å². The van der Waals surface area contributed by atoms with E-state index in [4.69, 9.17) is 13.9 Å². The van der Waals surface area contributed by atoms with Crippen molar-refractivity contribution in [2.45, 2.75) is 13.8 Å². The fourth-order valence-corrected chi connectivity index (χ4v) is 3.63. The third-order valence-corrected chi connectivity index (χ3v) is 5.17. The van der Waals surface area contributed by atoms with Gasteiger partial charge in [-0.05, 0) is 43.2 Å². The number of anilines is 1. The normalized spacial score (nSPS) is 11.4. The average Bonchev–Trinajstić information content (AvgIpc) is 3.22. The van der Waals surface area contributed by atoms with Gasteiger partial charge >= 0.3 is 0 Å². The van der Waals surface area contributed by atoms with Crippen LogP contribution >= 0.6 is 0 Å². The van der Waals surface area contributed by atoms with Gasteiger partial charge in [0.2, 0.25) is 5.91 Å². The van der Waals surface area contributed by atoms with Gasteiger partial charge in [-0.3, -0.25) is 4.79 Å². The molecule has 5 heteroatoms. The largest absolute Gasteiger partial charge is 0.497 e. The molecule has 0 radical (unpaired) electrons. The predicted octanol–water partition coefficient (Wildman–Crippen LogP) is 6.55. The summed E-state index contributed by atoms with van der Waals surface area (Å²) in [5.41, 5.74) is 5.11. The second-order valence-corrected chi connectivity index (χ2v) is 7.34. The van der Waals surface area contributed by atoms with E-state index in [9.17, 15) is 4.79 Å². The minimum Gasteiger partial charge on any atom is -0.497 e. The lowest BCUT2D eigenvalue weighted by Crippen LogP contribution is -2.08. The number of fused-ring (bicyclic) bond motifs is 1. The monoisotopic (exact) mass is 427 g/mol. The van der Waals surface area contributed by atoms with Crippen LogP contribution in [0.25, 0.3) is 27.7 Å². The first-order valence-corrected chi connectivity index (χ1v) is 10.5. The Morgan fingerprint density at radius 1 is 1.06 bits per heavy atom. The van der Waals surface area contributed by atoms with E-state index in [1.165, 1.54) is 0 Å². The maximum absolute atomic E-state index is 12.7. The molecular formula is C27H25NO4. The molecule has 0 aliphatic rings. The molecule has 0 fully saturated rings. The van der Waals surface area contributed by atoms with Crippen LogP contribution in [0.2, 0.25) is 0 Å². The third-order valence-electron chi connectivity index (χ3n) is 5.17. The predicted molar refractivity (Wildman–Crippen MR) is 128 cm³/mol. The Bertz CT molecular complexity index is 1270. The summed E-state index contributed by atoms with van der Waals surface area (Å²) in [7, 11) is 1.59. The molecule has 0 atom stereocenters. The summed E-state index contributed by atoms with van der Waals surface area (Å²) >= 11 is 0. The lowest BCUT2D eigenvalue weighted by atomic mass is 9.99. The molecule has 0 saturated carbocycles. The van der Waals surface area contributed by atoms with E-state index in [-0.39, 0.29) is 5.91 Å². The maximum Gasteiger partial charge on any atom is 0.248 e. The van der Waals surface area contributed by atoms with Crippen molar-refractivity contribution in [3.05, 3.63) is 84.6 Å². The summed E-state index contributed by atoms with van der Waals surface area (Å²) < 4.78 is 16.9. The second-order valence-electron chi connectivity index (χ2n) is 7.34. The summed E-state index contributed by atoms with van der Waals surface area (Å²) in [6.07, 6.45) is 3.33. The summed E-state index contributed by atoms with van der Waals surface area (Å²) in [5, 5.41) is 3.85. The van der Waals surface area contributed by atoms with Gasteiger partial charge in [0.1, 0.15) is 17.1 Å². The number of methoxy groups -OCH3 is 1. The van der Waals surface area contributed by atoms with Gasteiger partial charge in [-0.15, -0.1) is 0 Å². The van der Waals surface area contributed by atoms with Crippen molar-refractivity contribution in [2.24, 2.45) is 0 Å². The number of hydrogen-bond acceptors (Lipinski definition) is 4. The van der Waals surface area contributed by atoms with E-state index in [1.807, 2.05) is 74.5 Å². The van der Waals surface area contributed by atoms with Gasteiger partial charge in [-0.25, -0.2) is 0 Å². The van der Waals surface area contributed by atoms with Crippen molar-refractivity contribution in [2.75, 3.05) is 19.0 Å². The second kappa shape index (κ2) is 9.43. The number of furan rings is 1. The van der Waals surface area contributed by atoms with E-state index in [0.29, 0.717) is 23.8 Å². The number of benzene rings is 3. The molecule has 0 saturated heterocycles. The Hall–Kier alpha value is -3.99. The van der Waals surface area contributed by atoms with E-state index in [2.05, 4.69) is 5.32 Å². The molecule has 32 heavy (non-hydrogen) atoms. The minimum absolute atomic E-state index is 0.228. The van der Waals surface area contributed by atoms with Crippen LogP contribution in [0.1, 0.15) is 19.4 Å². The molecule has 0 unspecified atom stereocenters. The molecular weight excluding hydrogens is 402 g/mol. The zero-order valence-electron chi connectivity index (χ0n) is 18.3. The molecule has 1 aromatic heterocycles. The van der Waals surface area contributed by atoms with Gasteiger partial charge in [0.15, 0.2) is 0 Å². The van der Waals surface area contributed by atoms with Crippen molar-refractivity contribution in [1.29, 1.82) is 0 Å². The van der Waals surface area contributed by atoms with Crippen molar-refractivity contribution in [3.8, 4) is 22.6 Å². The Labute approximate surface area is 187 Å². The number of amides is 1. The van der Waals surface area contributed by atoms with E-state index < -0.39 is 0 Å². The smallest absolute Gasteiger partial charge is 0.248 e. The van der Waals surface area contributed by atoms with Gasteiger partial charge in [0.25, 0.3) is 0 Å². The highest BCUT2D eigenvalue weighted by molar-refractivity contribution is 6.05. The number of nitrogens with one attached hydrogen (secondary N) is 1. The molecule has 0 bridgehead atoms. The van der Waals surface area contributed by atoms with Gasteiger partial charge in [-0.2, -0.15) is 0 Å². The first-order chi connectivity index (χ1) is 15.6. The molecule has 4 aromatic rings. The van der Waals surface area contributed by atoms with Crippen LogP contribution in [-0.2, 0) is 4.79 Å². The fourth-order valence-electron chi connectivity index (χ4n) is 3.63. The molecule has 0 aliphatic heterocycles. The number of ether oxygens (including phenoxy) is 2. The van der Waals surface area contributed by atoms with Gasteiger partial charge in [-0.1, -0.05) is 36.4 Å². The number of carbonyl (C=O) groups is 1. The molecule has 1 N–H and O–H groups in total. The Kier molecular flexibility index (Phi) is 6.26. The lowest BCUT2D eigenvalue weighted by Gasteiger charge is -2.12. The van der Waals surface area contributed by atoms with Crippen LogP contribution in [0.3, 0.4) is 0 Å². The van der Waals surface area contributed by atoms with Gasteiger partial charge in [0, 0.05) is 40.4 Å². The standard InChI is InChI=1S/C27H25NO4/c1-4-31-25-16-26-23(24(17-32-26)19-9-6-5-7-10-19)15-22(25)18(2)13-27(29)28-20-11-8-12-21(14-20)30-3/h5-17H,4H2,1-3H3,(H,28,29)/b18-13+. The van der Waals surface area contributed by atoms with Crippen molar-refractivity contribution < 1.29 is 18.7 Å². The Morgan fingerprint density at radius 2 is 1.88 bits per heavy atom. The van der Waals surface area contributed by atoms with Gasteiger partial charge in [0.05, 0.1) is 20.0 Å². The molecule has 3 aromatic carbocycles. The molecule has 1 heterocycles. The zero-order chi connectivity index (χ0) is 22.5. The first kappa shape index (κ1) is 21.2. The summed E-state index contributed by atoms with van der Waals surface area (Å²) in [6, 6.07) is 21.2. The van der Waals surface area contributed by atoms with E-state index in [1.54, 1.807) is 25.5 Å². The highest BCUT2D eigenvalue weighted by atomic mass is 16.5. The number of carbonyl (C=O) groups excluding carboxylic acids is 1. The van der Waals surface area contributed by atoms with Crippen molar-refractivity contribution >= 4 is 28.1 Å². The quantitative estimate of drug-likeness (QED) is 0.340. The van der Waals surface area contributed by atoms with Crippen molar-refractivity contribution in [3.63, 3.8) is 0 Å². The highest BCUT2D eigenvalue weighted by Gasteiger charge is 2.15. The number of hydrogen-bond donors (Lipinski definition) is 1. The number of allylic oxidation sites excluding steroid dienone is 1. The highest BCUT2D eigenvalue weighted by Crippen LogP contribution is 2.37. The SMILES string of the molecule is CCOc1cc2occ(-c3ccccc3)c2cc1/C(C)=C/C(=O)Nc1cccc(OC)c1. The minimum atomic E-state index is -0.228. The van der Waals surface area contributed by atoms with Crippen molar-refractivity contribution in [1.82, 2.24) is 0 Å². The van der Waals surface area contributed by atoms with Crippen LogP contribution < -0.4 is 14.8 Å². The molecule has 0 aliphatic carbocycles.